The van der Waals surface area contributed by atoms with Gasteiger partial charge < -0.3 is 10.1 Å². The molecule has 1 aliphatic heterocycles. The molecular weight excluding hydrogens is 310 g/mol. The Morgan fingerprint density at radius 1 is 1.47 bits per heavy atom. The first-order valence-corrected chi connectivity index (χ1v) is 6.98. The highest BCUT2D eigenvalue weighted by atomic mass is 79.9. The molecule has 0 radical (unpaired) electrons. The Kier molecular flexibility index (Phi) is 3.94. The van der Waals surface area contributed by atoms with Crippen LogP contribution in [0.25, 0.3) is 0 Å². The topological polar surface area (TPSA) is 55.4 Å². The van der Waals surface area contributed by atoms with Gasteiger partial charge in [-0.05, 0) is 24.6 Å². The Hall–Kier alpha value is -1.36. The number of hydrogen-bond acceptors (Lipinski definition) is 3. The summed E-state index contributed by atoms with van der Waals surface area (Å²) >= 11 is 3.38. The first-order valence-electron chi connectivity index (χ1n) is 6.19. The number of nitrogens with one attached hydrogen (secondary N) is 1. The maximum Gasteiger partial charge on any atom is 0.329 e. The van der Waals surface area contributed by atoms with Crippen molar-refractivity contribution in [1.82, 2.24) is 5.32 Å². The standard InChI is InChI=1S/C14H16BrNO3/c1-3-19-13(18)12-14(2,8-11(17)16-12)9-4-6-10(15)7-5-9/h4-7,12H,3,8H2,1-2H3,(H,16,17). The van der Waals surface area contributed by atoms with Gasteiger partial charge in [-0.25, -0.2) is 4.79 Å². The van der Waals surface area contributed by atoms with Crippen LogP contribution in [0.2, 0.25) is 0 Å². The van der Waals surface area contributed by atoms with Crippen LogP contribution in [0.1, 0.15) is 25.8 Å². The molecule has 1 fully saturated rings. The van der Waals surface area contributed by atoms with Crippen LogP contribution in [0.3, 0.4) is 0 Å². The highest BCUT2D eigenvalue weighted by Crippen LogP contribution is 2.36. The summed E-state index contributed by atoms with van der Waals surface area (Å²) in [6.07, 6.45) is 0.290. The molecule has 5 heteroatoms. The number of esters is 1. The average Bonchev–Trinajstić information content (AvgIpc) is 2.67. The van der Waals surface area contributed by atoms with E-state index in [4.69, 9.17) is 4.74 Å². The van der Waals surface area contributed by atoms with Crippen LogP contribution in [0.4, 0.5) is 0 Å². The number of hydrogen-bond donors (Lipinski definition) is 1. The maximum absolute atomic E-state index is 12.0. The van der Waals surface area contributed by atoms with Crippen molar-refractivity contribution in [3.8, 4) is 0 Å². The lowest BCUT2D eigenvalue weighted by molar-refractivity contribution is -0.147. The molecule has 1 aliphatic rings. The van der Waals surface area contributed by atoms with E-state index in [1.165, 1.54) is 0 Å². The van der Waals surface area contributed by atoms with E-state index in [0.29, 0.717) is 6.61 Å². The van der Waals surface area contributed by atoms with E-state index in [1.807, 2.05) is 31.2 Å². The summed E-state index contributed by atoms with van der Waals surface area (Å²) in [6.45, 7) is 3.98. The Labute approximate surface area is 120 Å². The molecule has 1 saturated heterocycles. The van der Waals surface area contributed by atoms with E-state index in [9.17, 15) is 9.59 Å². The van der Waals surface area contributed by atoms with Crippen molar-refractivity contribution >= 4 is 27.8 Å². The van der Waals surface area contributed by atoms with Crippen LogP contribution >= 0.6 is 15.9 Å². The van der Waals surface area contributed by atoms with E-state index >= 15 is 0 Å². The summed E-state index contributed by atoms with van der Waals surface area (Å²) in [5, 5.41) is 2.72. The zero-order valence-corrected chi connectivity index (χ0v) is 12.5. The van der Waals surface area contributed by atoms with Gasteiger partial charge in [0.1, 0.15) is 6.04 Å². The first-order chi connectivity index (χ1) is 8.97. The number of halogens is 1. The predicted octanol–water partition coefficient (Wildman–Crippen LogP) is 2.16. The molecule has 2 rings (SSSR count). The van der Waals surface area contributed by atoms with Gasteiger partial charge in [0.15, 0.2) is 0 Å². The van der Waals surface area contributed by atoms with Crippen LogP contribution in [0.15, 0.2) is 28.7 Å². The van der Waals surface area contributed by atoms with Crippen molar-refractivity contribution in [3.63, 3.8) is 0 Å². The van der Waals surface area contributed by atoms with Crippen molar-refractivity contribution in [2.24, 2.45) is 0 Å². The van der Waals surface area contributed by atoms with E-state index in [1.54, 1.807) is 6.92 Å². The van der Waals surface area contributed by atoms with Crippen LogP contribution in [-0.2, 0) is 19.7 Å². The van der Waals surface area contributed by atoms with Crippen molar-refractivity contribution in [3.05, 3.63) is 34.3 Å². The van der Waals surface area contributed by atoms with Crippen molar-refractivity contribution in [2.75, 3.05) is 6.61 Å². The summed E-state index contributed by atoms with van der Waals surface area (Å²) in [5.41, 5.74) is 0.386. The molecule has 0 bridgehead atoms. The van der Waals surface area contributed by atoms with E-state index in [-0.39, 0.29) is 18.3 Å². The SMILES string of the molecule is CCOC(=O)C1NC(=O)CC1(C)c1ccc(Br)cc1. The van der Waals surface area contributed by atoms with Gasteiger partial charge in [0, 0.05) is 16.3 Å². The second-order valence-electron chi connectivity index (χ2n) is 4.85. The minimum absolute atomic E-state index is 0.122. The monoisotopic (exact) mass is 325 g/mol. The van der Waals surface area contributed by atoms with Gasteiger partial charge in [0.2, 0.25) is 5.91 Å². The number of benzene rings is 1. The third-order valence-corrected chi connectivity index (χ3v) is 4.02. The fourth-order valence-electron chi connectivity index (χ4n) is 2.45. The van der Waals surface area contributed by atoms with Gasteiger partial charge >= 0.3 is 5.97 Å². The predicted molar refractivity (Wildman–Crippen MR) is 74.7 cm³/mol. The second-order valence-corrected chi connectivity index (χ2v) is 5.77. The fraction of sp³-hybridized carbons (Fsp3) is 0.429. The number of carbonyl (C=O) groups excluding carboxylic acids is 2. The summed E-state index contributed by atoms with van der Waals surface area (Å²) in [6, 6.07) is 7.05. The number of carbonyl (C=O) groups is 2. The van der Waals surface area contributed by atoms with Crippen LogP contribution < -0.4 is 5.32 Å². The molecule has 4 nitrogen and oxygen atoms in total. The molecule has 102 valence electrons. The van der Waals surface area contributed by atoms with Crippen molar-refractivity contribution in [2.45, 2.75) is 31.7 Å². The molecule has 1 amide bonds. The molecule has 0 spiro atoms. The minimum atomic E-state index is -0.624. The molecule has 2 atom stereocenters. The summed E-state index contributed by atoms with van der Waals surface area (Å²) in [5.74, 6) is -0.498. The van der Waals surface area contributed by atoms with Gasteiger partial charge in [-0.2, -0.15) is 0 Å². The van der Waals surface area contributed by atoms with Gasteiger partial charge in [-0.15, -0.1) is 0 Å². The van der Waals surface area contributed by atoms with Crippen LogP contribution in [0, 0.1) is 0 Å². The minimum Gasteiger partial charge on any atom is -0.464 e. The Bertz CT molecular complexity index is 500. The molecule has 1 heterocycles. The molecule has 0 aromatic heterocycles. The average molecular weight is 326 g/mol. The van der Waals surface area contributed by atoms with E-state index in [0.717, 1.165) is 10.0 Å². The van der Waals surface area contributed by atoms with Gasteiger partial charge in [-0.1, -0.05) is 35.0 Å². The summed E-state index contributed by atoms with van der Waals surface area (Å²) < 4.78 is 6.01. The van der Waals surface area contributed by atoms with Crippen molar-refractivity contribution < 1.29 is 14.3 Å². The van der Waals surface area contributed by atoms with Gasteiger partial charge in [-0.3, -0.25) is 4.79 Å². The number of rotatable bonds is 3. The van der Waals surface area contributed by atoms with Crippen LogP contribution in [-0.4, -0.2) is 24.5 Å². The Morgan fingerprint density at radius 3 is 2.68 bits per heavy atom. The Balaban J connectivity index is 2.35. The number of ether oxygens (including phenoxy) is 1. The molecule has 1 N–H and O–H groups in total. The van der Waals surface area contributed by atoms with E-state index in [2.05, 4.69) is 21.2 Å². The zero-order chi connectivity index (χ0) is 14.0. The fourth-order valence-corrected chi connectivity index (χ4v) is 2.72. The smallest absolute Gasteiger partial charge is 0.329 e. The van der Waals surface area contributed by atoms with Crippen molar-refractivity contribution in [1.29, 1.82) is 0 Å². The molecule has 0 aliphatic carbocycles. The lowest BCUT2D eigenvalue weighted by Gasteiger charge is -2.29. The summed E-state index contributed by atoms with van der Waals surface area (Å²) in [4.78, 5) is 23.7. The lowest BCUT2D eigenvalue weighted by atomic mass is 9.76. The van der Waals surface area contributed by atoms with Gasteiger partial charge in [0.25, 0.3) is 0 Å². The molecule has 1 aromatic carbocycles. The maximum atomic E-state index is 12.0. The molecule has 2 unspecified atom stereocenters. The number of amides is 1. The zero-order valence-electron chi connectivity index (χ0n) is 10.9. The molecule has 19 heavy (non-hydrogen) atoms. The third-order valence-electron chi connectivity index (χ3n) is 3.50. The third kappa shape index (κ3) is 2.66. The largest absolute Gasteiger partial charge is 0.464 e. The highest BCUT2D eigenvalue weighted by molar-refractivity contribution is 9.10. The molecular formula is C14H16BrNO3. The lowest BCUT2D eigenvalue weighted by Crippen LogP contribution is -2.45. The van der Waals surface area contributed by atoms with Gasteiger partial charge in [0.05, 0.1) is 6.61 Å². The van der Waals surface area contributed by atoms with E-state index < -0.39 is 11.5 Å². The Morgan fingerprint density at radius 2 is 2.11 bits per heavy atom. The quantitative estimate of drug-likeness (QED) is 0.866. The normalized spacial score (nSPS) is 26.1. The summed E-state index contributed by atoms with van der Waals surface area (Å²) in [7, 11) is 0. The second kappa shape index (κ2) is 5.33. The molecule has 0 saturated carbocycles. The molecule has 1 aromatic rings. The first kappa shape index (κ1) is 14.1. The highest BCUT2D eigenvalue weighted by Gasteiger charge is 2.49. The van der Waals surface area contributed by atoms with Crippen LogP contribution in [0.5, 0.6) is 0 Å².